The first-order valence-electron chi connectivity index (χ1n) is 6.93. The van der Waals surface area contributed by atoms with Crippen LogP contribution in [0, 0.1) is 6.92 Å². The van der Waals surface area contributed by atoms with Crippen LogP contribution in [0.25, 0.3) is 11.4 Å². The molecule has 2 N–H and O–H groups in total. The van der Waals surface area contributed by atoms with E-state index in [0.717, 1.165) is 5.56 Å². The molecule has 0 saturated heterocycles. The third-order valence-electron chi connectivity index (χ3n) is 3.10. The quantitative estimate of drug-likeness (QED) is 0.880. The monoisotopic (exact) mass is 285 g/mol. The number of nitrogens with zero attached hydrogens (tertiary/aromatic N) is 2. The molecule has 1 atom stereocenters. The Bertz CT molecular complexity index is 612. The lowest BCUT2D eigenvalue weighted by atomic mass is 10.2. The van der Waals surface area contributed by atoms with Gasteiger partial charge in [-0.2, -0.15) is 0 Å². The Hall–Kier alpha value is -2.27. The minimum absolute atomic E-state index is 0.215. The molecule has 1 heterocycles. The summed E-state index contributed by atoms with van der Waals surface area (Å²) in [5.74, 6) is 0.390. The standard InChI is InChI=1S/C16H19N3O2/c1-11(20)8-9-17-16(21)14-10-18-15(19-12(14)2)13-6-4-3-5-7-13/h3-7,10-11,20H,8-9H2,1-2H3,(H,17,21). The summed E-state index contributed by atoms with van der Waals surface area (Å²) in [6, 6.07) is 9.63. The zero-order valence-electron chi connectivity index (χ0n) is 12.2. The Morgan fingerprint density at radius 1 is 1.33 bits per heavy atom. The van der Waals surface area contributed by atoms with Crippen molar-refractivity contribution in [2.45, 2.75) is 26.4 Å². The fraction of sp³-hybridized carbons (Fsp3) is 0.312. The fourth-order valence-corrected chi connectivity index (χ4v) is 1.91. The summed E-state index contributed by atoms with van der Waals surface area (Å²) < 4.78 is 0. The molecular formula is C16H19N3O2. The van der Waals surface area contributed by atoms with Gasteiger partial charge in [-0.1, -0.05) is 30.3 Å². The Balaban J connectivity index is 2.11. The number of rotatable bonds is 5. The van der Waals surface area contributed by atoms with Gasteiger partial charge in [0.2, 0.25) is 0 Å². The van der Waals surface area contributed by atoms with Crippen LogP contribution in [0.3, 0.4) is 0 Å². The van der Waals surface area contributed by atoms with Crippen molar-refractivity contribution < 1.29 is 9.90 Å². The van der Waals surface area contributed by atoms with Crippen molar-refractivity contribution in [2.24, 2.45) is 0 Å². The van der Waals surface area contributed by atoms with Gasteiger partial charge in [-0.15, -0.1) is 0 Å². The molecule has 1 unspecified atom stereocenters. The summed E-state index contributed by atoms with van der Waals surface area (Å²) in [6.45, 7) is 3.91. The molecule has 1 aromatic carbocycles. The van der Waals surface area contributed by atoms with E-state index in [1.807, 2.05) is 30.3 Å². The van der Waals surface area contributed by atoms with Gasteiger partial charge in [0.25, 0.3) is 5.91 Å². The van der Waals surface area contributed by atoms with E-state index in [1.165, 1.54) is 0 Å². The van der Waals surface area contributed by atoms with Gasteiger partial charge >= 0.3 is 0 Å². The van der Waals surface area contributed by atoms with E-state index in [2.05, 4.69) is 15.3 Å². The van der Waals surface area contributed by atoms with Crippen LogP contribution in [0.15, 0.2) is 36.5 Å². The number of aryl methyl sites for hydroxylation is 1. The molecule has 0 aliphatic carbocycles. The van der Waals surface area contributed by atoms with Gasteiger partial charge in [-0.25, -0.2) is 9.97 Å². The number of benzene rings is 1. The third kappa shape index (κ3) is 4.10. The van der Waals surface area contributed by atoms with Crippen LogP contribution in [0.5, 0.6) is 0 Å². The smallest absolute Gasteiger partial charge is 0.254 e. The van der Waals surface area contributed by atoms with E-state index in [9.17, 15) is 9.90 Å². The summed E-state index contributed by atoms with van der Waals surface area (Å²) in [6.07, 6.45) is 1.64. The summed E-state index contributed by atoms with van der Waals surface area (Å²) in [5.41, 5.74) is 2.01. The van der Waals surface area contributed by atoms with Crippen molar-refractivity contribution >= 4 is 5.91 Å². The highest BCUT2D eigenvalue weighted by atomic mass is 16.3. The average Bonchev–Trinajstić information content (AvgIpc) is 2.47. The number of aromatic nitrogens is 2. The van der Waals surface area contributed by atoms with Crippen LogP contribution < -0.4 is 5.32 Å². The van der Waals surface area contributed by atoms with Gasteiger partial charge < -0.3 is 10.4 Å². The molecule has 5 heteroatoms. The largest absolute Gasteiger partial charge is 0.393 e. The minimum Gasteiger partial charge on any atom is -0.393 e. The van der Waals surface area contributed by atoms with Gasteiger partial charge in [0.05, 0.1) is 17.4 Å². The summed E-state index contributed by atoms with van der Waals surface area (Å²) in [4.78, 5) is 20.7. The van der Waals surface area contributed by atoms with Gasteiger partial charge in [0, 0.05) is 18.3 Å². The molecule has 2 aromatic rings. The second-order valence-corrected chi connectivity index (χ2v) is 4.95. The lowest BCUT2D eigenvalue weighted by Gasteiger charge is -2.09. The number of aliphatic hydroxyl groups excluding tert-OH is 1. The summed E-state index contributed by atoms with van der Waals surface area (Å²) in [7, 11) is 0. The van der Waals surface area contributed by atoms with Gasteiger partial charge in [-0.05, 0) is 20.3 Å². The van der Waals surface area contributed by atoms with E-state index >= 15 is 0 Å². The Kier molecular flexibility index (Phi) is 5.00. The lowest BCUT2D eigenvalue weighted by molar-refractivity contribution is 0.0944. The highest BCUT2D eigenvalue weighted by Crippen LogP contribution is 2.15. The number of amides is 1. The van der Waals surface area contributed by atoms with Gasteiger partial charge in [0.1, 0.15) is 0 Å². The van der Waals surface area contributed by atoms with E-state index in [0.29, 0.717) is 30.0 Å². The van der Waals surface area contributed by atoms with Crippen LogP contribution in [-0.4, -0.2) is 33.6 Å². The predicted molar refractivity (Wildman–Crippen MR) is 80.8 cm³/mol. The molecule has 0 fully saturated rings. The normalized spacial score (nSPS) is 12.0. The van der Waals surface area contributed by atoms with Crippen molar-refractivity contribution in [3.8, 4) is 11.4 Å². The molecule has 0 aliphatic rings. The highest BCUT2D eigenvalue weighted by molar-refractivity contribution is 5.95. The fourth-order valence-electron chi connectivity index (χ4n) is 1.91. The van der Waals surface area contributed by atoms with Crippen molar-refractivity contribution in [3.63, 3.8) is 0 Å². The van der Waals surface area contributed by atoms with Crippen LogP contribution in [-0.2, 0) is 0 Å². The first-order valence-corrected chi connectivity index (χ1v) is 6.93. The van der Waals surface area contributed by atoms with Crippen LogP contribution in [0.1, 0.15) is 29.4 Å². The van der Waals surface area contributed by atoms with Crippen LogP contribution in [0.4, 0.5) is 0 Å². The third-order valence-corrected chi connectivity index (χ3v) is 3.10. The van der Waals surface area contributed by atoms with E-state index in [4.69, 9.17) is 0 Å². The minimum atomic E-state index is -0.428. The zero-order chi connectivity index (χ0) is 15.2. The second kappa shape index (κ2) is 6.95. The van der Waals surface area contributed by atoms with Crippen LogP contribution in [0.2, 0.25) is 0 Å². The molecule has 2 rings (SSSR count). The molecule has 110 valence electrons. The van der Waals surface area contributed by atoms with E-state index in [-0.39, 0.29) is 5.91 Å². The topological polar surface area (TPSA) is 75.1 Å². The molecule has 0 saturated carbocycles. The Labute approximate surface area is 124 Å². The number of nitrogens with one attached hydrogen (secondary N) is 1. The molecule has 0 bridgehead atoms. The predicted octanol–water partition coefficient (Wildman–Crippen LogP) is 1.95. The first kappa shape index (κ1) is 15.1. The maximum absolute atomic E-state index is 12.0. The number of carbonyl (C=O) groups excluding carboxylic acids is 1. The highest BCUT2D eigenvalue weighted by Gasteiger charge is 2.12. The molecule has 5 nitrogen and oxygen atoms in total. The Morgan fingerprint density at radius 2 is 2.05 bits per heavy atom. The van der Waals surface area contributed by atoms with Gasteiger partial charge in [0.15, 0.2) is 5.82 Å². The maximum Gasteiger partial charge on any atom is 0.254 e. The van der Waals surface area contributed by atoms with Crippen LogP contribution >= 0.6 is 0 Å². The molecular weight excluding hydrogens is 266 g/mol. The molecule has 1 aromatic heterocycles. The average molecular weight is 285 g/mol. The maximum atomic E-state index is 12.0. The van der Waals surface area contributed by atoms with Crippen molar-refractivity contribution in [2.75, 3.05) is 6.54 Å². The lowest BCUT2D eigenvalue weighted by Crippen LogP contribution is -2.27. The summed E-state index contributed by atoms with van der Waals surface area (Å²) in [5, 5.41) is 11.9. The van der Waals surface area contributed by atoms with E-state index < -0.39 is 6.10 Å². The molecule has 0 spiro atoms. The summed E-state index contributed by atoms with van der Waals surface area (Å²) >= 11 is 0. The Morgan fingerprint density at radius 3 is 2.67 bits per heavy atom. The second-order valence-electron chi connectivity index (χ2n) is 4.95. The number of carbonyl (C=O) groups is 1. The molecule has 1 amide bonds. The van der Waals surface area contributed by atoms with Crippen molar-refractivity contribution in [1.82, 2.24) is 15.3 Å². The number of hydrogen-bond donors (Lipinski definition) is 2. The van der Waals surface area contributed by atoms with Gasteiger partial charge in [-0.3, -0.25) is 4.79 Å². The van der Waals surface area contributed by atoms with Crippen molar-refractivity contribution in [1.29, 1.82) is 0 Å². The number of aliphatic hydroxyl groups is 1. The first-order chi connectivity index (χ1) is 10.1. The molecule has 0 radical (unpaired) electrons. The SMILES string of the molecule is Cc1nc(-c2ccccc2)ncc1C(=O)NCCC(C)O. The van der Waals surface area contributed by atoms with E-state index in [1.54, 1.807) is 20.0 Å². The zero-order valence-corrected chi connectivity index (χ0v) is 12.2. The molecule has 21 heavy (non-hydrogen) atoms. The number of hydrogen-bond acceptors (Lipinski definition) is 4. The van der Waals surface area contributed by atoms with Crippen molar-refractivity contribution in [3.05, 3.63) is 47.8 Å². The molecule has 0 aliphatic heterocycles.